The maximum absolute atomic E-state index is 13.4. The number of phenols is 1. The maximum atomic E-state index is 13.4. The fourth-order valence-corrected chi connectivity index (χ4v) is 1.61. The summed E-state index contributed by atoms with van der Waals surface area (Å²) in [6, 6.07) is 12.1. The molecule has 0 aliphatic heterocycles. The highest BCUT2D eigenvalue weighted by Crippen LogP contribution is 2.10. The molecule has 20 heavy (non-hydrogen) atoms. The van der Waals surface area contributed by atoms with E-state index in [2.05, 4.69) is 10.5 Å². The fourth-order valence-electron chi connectivity index (χ4n) is 1.61. The van der Waals surface area contributed by atoms with Crippen molar-refractivity contribution in [2.45, 2.75) is 6.92 Å². The maximum Gasteiger partial charge on any atom is 0.274 e. The van der Waals surface area contributed by atoms with Gasteiger partial charge in [-0.05, 0) is 48.9 Å². The highest BCUT2D eigenvalue weighted by molar-refractivity contribution is 6.00. The molecule has 0 unspecified atom stereocenters. The number of amides is 1. The summed E-state index contributed by atoms with van der Waals surface area (Å²) in [6.07, 6.45) is 0. The number of hydrogen-bond donors (Lipinski definition) is 2. The number of benzene rings is 2. The van der Waals surface area contributed by atoms with Gasteiger partial charge in [-0.15, -0.1) is 0 Å². The van der Waals surface area contributed by atoms with E-state index >= 15 is 0 Å². The summed E-state index contributed by atoms with van der Waals surface area (Å²) in [5, 5.41) is 13.1. The molecule has 0 aliphatic carbocycles. The Balaban J connectivity index is 2.11. The molecular formula is C15H13FN2O2. The van der Waals surface area contributed by atoms with Gasteiger partial charge in [-0.2, -0.15) is 5.10 Å². The molecule has 0 radical (unpaired) electrons. The van der Waals surface area contributed by atoms with E-state index in [0.717, 1.165) is 5.56 Å². The zero-order valence-corrected chi connectivity index (χ0v) is 10.8. The molecule has 0 aliphatic rings. The van der Waals surface area contributed by atoms with Crippen molar-refractivity contribution in [1.29, 1.82) is 0 Å². The normalized spacial score (nSPS) is 11.2. The summed E-state index contributed by atoms with van der Waals surface area (Å²) in [4.78, 5) is 11.8. The average molecular weight is 272 g/mol. The number of rotatable bonds is 3. The highest BCUT2D eigenvalue weighted by atomic mass is 19.1. The number of carbonyl (C=O) groups is 1. The number of aromatic hydroxyl groups is 1. The monoisotopic (exact) mass is 272 g/mol. The Bertz CT molecular complexity index is 651. The van der Waals surface area contributed by atoms with Gasteiger partial charge in [0.05, 0.1) is 11.3 Å². The zero-order chi connectivity index (χ0) is 14.5. The van der Waals surface area contributed by atoms with Crippen molar-refractivity contribution in [3.63, 3.8) is 0 Å². The van der Waals surface area contributed by atoms with Crippen molar-refractivity contribution in [2.24, 2.45) is 5.10 Å². The molecule has 102 valence electrons. The Morgan fingerprint density at radius 3 is 2.45 bits per heavy atom. The molecule has 2 rings (SSSR count). The second-order valence-corrected chi connectivity index (χ2v) is 4.16. The minimum atomic E-state index is -0.610. The molecule has 2 aromatic carbocycles. The Labute approximate surface area is 115 Å². The van der Waals surface area contributed by atoms with Crippen molar-refractivity contribution in [1.82, 2.24) is 5.43 Å². The van der Waals surface area contributed by atoms with Crippen molar-refractivity contribution in [2.75, 3.05) is 0 Å². The first-order valence-corrected chi connectivity index (χ1v) is 5.96. The third-order valence-corrected chi connectivity index (χ3v) is 2.73. The lowest BCUT2D eigenvalue weighted by molar-refractivity contribution is 0.0951. The third-order valence-electron chi connectivity index (χ3n) is 2.73. The summed E-state index contributed by atoms with van der Waals surface area (Å²) in [5.41, 5.74) is 3.54. The molecule has 0 saturated heterocycles. The third kappa shape index (κ3) is 3.20. The molecule has 0 atom stereocenters. The summed E-state index contributed by atoms with van der Waals surface area (Å²) in [7, 11) is 0. The molecule has 2 aromatic rings. The van der Waals surface area contributed by atoms with Gasteiger partial charge in [0.1, 0.15) is 11.6 Å². The molecule has 4 nitrogen and oxygen atoms in total. The first-order valence-electron chi connectivity index (χ1n) is 5.96. The first-order chi connectivity index (χ1) is 9.58. The molecule has 5 heteroatoms. The lowest BCUT2D eigenvalue weighted by Gasteiger charge is -2.04. The zero-order valence-electron chi connectivity index (χ0n) is 10.8. The molecule has 1 amide bonds. The van der Waals surface area contributed by atoms with Crippen LogP contribution in [0.15, 0.2) is 53.6 Å². The largest absolute Gasteiger partial charge is 0.508 e. The second-order valence-electron chi connectivity index (χ2n) is 4.16. The first kappa shape index (κ1) is 13.7. The number of nitrogens with one attached hydrogen (secondary N) is 1. The van der Waals surface area contributed by atoms with Crippen LogP contribution in [0.1, 0.15) is 22.8 Å². The van der Waals surface area contributed by atoms with Crippen LogP contribution in [0.25, 0.3) is 0 Å². The van der Waals surface area contributed by atoms with Crippen molar-refractivity contribution < 1.29 is 14.3 Å². The van der Waals surface area contributed by atoms with E-state index in [0.29, 0.717) is 5.71 Å². The van der Waals surface area contributed by atoms with Crippen LogP contribution in [0.4, 0.5) is 4.39 Å². The van der Waals surface area contributed by atoms with Gasteiger partial charge in [0.25, 0.3) is 5.91 Å². The number of hydrazone groups is 1. The molecule has 2 N–H and O–H groups in total. The van der Waals surface area contributed by atoms with Crippen molar-refractivity contribution in [3.05, 3.63) is 65.5 Å². The Kier molecular flexibility index (Phi) is 4.10. The van der Waals surface area contributed by atoms with Gasteiger partial charge >= 0.3 is 0 Å². The van der Waals surface area contributed by atoms with Crippen LogP contribution < -0.4 is 5.43 Å². The Morgan fingerprint density at radius 2 is 1.80 bits per heavy atom. The lowest BCUT2D eigenvalue weighted by atomic mass is 10.1. The van der Waals surface area contributed by atoms with E-state index in [1.807, 2.05) is 0 Å². The minimum Gasteiger partial charge on any atom is -0.508 e. The predicted molar refractivity (Wildman–Crippen MR) is 74.2 cm³/mol. The van der Waals surface area contributed by atoms with Crippen molar-refractivity contribution in [3.8, 4) is 5.75 Å². The topological polar surface area (TPSA) is 61.7 Å². The van der Waals surface area contributed by atoms with Crippen LogP contribution >= 0.6 is 0 Å². The molecule has 0 saturated carbocycles. The number of carbonyl (C=O) groups excluding carboxylic acids is 1. The SMILES string of the molecule is CC(=NNC(=O)c1ccccc1F)c1ccc(O)cc1. The Morgan fingerprint density at radius 1 is 1.15 bits per heavy atom. The molecule has 0 spiro atoms. The van der Waals surface area contributed by atoms with Crippen LogP contribution in [0.5, 0.6) is 5.75 Å². The number of nitrogens with zero attached hydrogens (tertiary/aromatic N) is 1. The quantitative estimate of drug-likeness (QED) is 0.666. The second kappa shape index (κ2) is 5.97. The number of hydrogen-bond acceptors (Lipinski definition) is 3. The van der Waals surface area contributed by atoms with Gasteiger partial charge in [-0.3, -0.25) is 4.79 Å². The van der Waals surface area contributed by atoms with Gasteiger partial charge < -0.3 is 5.11 Å². The van der Waals surface area contributed by atoms with Crippen LogP contribution in [0.2, 0.25) is 0 Å². The van der Waals surface area contributed by atoms with Gasteiger partial charge in [0, 0.05) is 0 Å². The van der Waals surface area contributed by atoms with E-state index in [-0.39, 0.29) is 11.3 Å². The van der Waals surface area contributed by atoms with E-state index in [1.165, 1.54) is 30.3 Å². The van der Waals surface area contributed by atoms with Crippen LogP contribution in [0, 0.1) is 5.82 Å². The number of phenolic OH excluding ortho intramolecular Hbond substituents is 1. The van der Waals surface area contributed by atoms with Gasteiger partial charge in [-0.25, -0.2) is 9.82 Å². The van der Waals surface area contributed by atoms with Gasteiger partial charge in [0.15, 0.2) is 0 Å². The lowest BCUT2D eigenvalue weighted by Crippen LogP contribution is -2.20. The van der Waals surface area contributed by atoms with Crippen LogP contribution in [-0.4, -0.2) is 16.7 Å². The molecule has 0 bridgehead atoms. The van der Waals surface area contributed by atoms with E-state index < -0.39 is 11.7 Å². The Hall–Kier alpha value is -2.69. The molecule has 0 heterocycles. The van der Waals surface area contributed by atoms with Gasteiger partial charge in [0.2, 0.25) is 0 Å². The van der Waals surface area contributed by atoms with E-state index in [1.54, 1.807) is 25.1 Å². The minimum absolute atomic E-state index is 0.0604. The molecule has 0 fully saturated rings. The average Bonchev–Trinajstić information content (AvgIpc) is 2.45. The van der Waals surface area contributed by atoms with Crippen LogP contribution in [-0.2, 0) is 0 Å². The number of halogens is 1. The summed E-state index contributed by atoms with van der Waals surface area (Å²) in [5.74, 6) is -1.05. The standard InChI is InChI=1S/C15H13FN2O2/c1-10(11-6-8-12(19)9-7-11)17-18-15(20)13-4-2-3-5-14(13)16/h2-9,19H,1H3,(H,18,20). The summed E-state index contributed by atoms with van der Waals surface area (Å²) in [6.45, 7) is 1.70. The molecule has 0 aromatic heterocycles. The summed E-state index contributed by atoms with van der Waals surface area (Å²) < 4.78 is 13.4. The molecular weight excluding hydrogens is 259 g/mol. The smallest absolute Gasteiger partial charge is 0.274 e. The van der Waals surface area contributed by atoms with E-state index in [4.69, 9.17) is 0 Å². The highest BCUT2D eigenvalue weighted by Gasteiger charge is 2.09. The van der Waals surface area contributed by atoms with Gasteiger partial charge in [-0.1, -0.05) is 12.1 Å². The predicted octanol–water partition coefficient (Wildman–Crippen LogP) is 2.69. The van der Waals surface area contributed by atoms with E-state index in [9.17, 15) is 14.3 Å². The van der Waals surface area contributed by atoms with Crippen molar-refractivity contribution >= 4 is 11.6 Å². The fraction of sp³-hybridized carbons (Fsp3) is 0.0667. The summed E-state index contributed by atoms with van der Waals surface area (Å²) >= 11 is 0. The van der Waals surface area contributed by atoms with Crippen LogP contribution in [0.3, 0.4) is 0 Å².